The van der Waals surface area contributed by atoms with Gasteiger partial charge in [0.15, 0.2) is 0 Å². The van der Waals surface area contributed by atoms with Crippen molar-refractivity contribution in [2.75, 3.05) is 0 Å². The van der Waals surface area contributed by atoms with Gasteiger partial charge >= 0.3 is 0 Å². The Morgan fingerprint density at radius 3 is 2.46 bits per heavy atom. The molecular formula is C20H21N3O3S2. The van der Waals surface area contributed by atoms with Crippen LogP contribution in [0.15, 0.2) is 64.9 Å². The smallest absolute Gasteiger partial charge is 0.241 e. The van der Waals surface area contributed by atoms with Gasteiger partial charge in [0.1, 0.15) is 5.01 Å². The molecule has 0 saturated carbocycles. The second-order valence-corrected chi connectivity index (χ2v) is 8.96. The summed E-state index contributed by atoms with van der Waals surface area (Å²) in [6, 6.07) is 15.3. The van der Waals surface area contributed by atoms with Crippen molar-refractivity contribution in [2.45, 2.75) is 31.3 Å². The second kappa shape index (κ2) is 8.64. The molecule has 0 saturated heterocycles. The first-order valence-electron chi connectivity index (χ1n) is 8.72. The van der Waals surface area contributed by atoms with Gasteiger partial charge in [-0.2, -0.15) is 4.72 Å². The van der Waals surface area contributed by atoms with Crippen molar-refractivity contribution in [1.29, 1.82) is 0 Å². The number of carbonyl (C=O) groups excluding carboxylic acids is 1. The van der Waals surface area contributed by atoms with Gasteiger partial charge in [-0.05, 0) is 26.0 Å². The molecule has 0 radical (unpaired) electrons. The number of thiazole rings is 1. The minimum absolute atomic E-state index is 0.129. The molecule has 0 fully saturated rings. The molecule has 2 N–H and O–H groups in total. The van der Waals surface area contributed by atoms with Gasteiger partial charge in [-0.15, -0.1) is 11.3 Å². The standard InChI is InChI=1S/C20H21N3O3S2/c1-14-8-10-18(11-9-14)28(25,26)23-15(2)19(24)21-12-17-13-27-20(22-17)16-6-4-3-5-7-16/h3-11,13,15,23H,12H2,1-2H3,(H,21,24)/t15-/m0/s1. The first-order chi connectivity index (χ1) is 13.3. The summed E-state index contributed by atoms with van der Waals surface area (Å²) in [5.74, 6) is -0.412. The first kappa shape index (κ1) is 20.2. The first-order valence-corrected chi connectivity index (χ1v) is 11.1. The van der Waals surface area contributed by atoms with E-state index < -0.39 is 22.0 Å². The van der Waals surface area contributed by atoms with Crippen LogP contribution in [0.3, 0.4) is 0 Å². The predicted molar refractivity (Wildman–Crippen MR) is 110 cm³/mol. The number of hydrogen-bond donors (Lipinski definition) is 2. The Morgan fingerprint density at radius 2 is 1.79 bits per heavy atom. The molecular weight excluding hydrogens is 394 g/mol. The lowest BCUT2D eigenvalue weighted by atomic mass is 10.2. The molecule has 0 aliphatic rings. The highest BCUT2D eigenvalue weighted by Crippen LogP contribution is 2.23. The van der Waals surface area contributed by atoms with Gasteiger partial charge in [0.2, 0.25) is 15.9 Å². The molecule has 28 heavy (non-hydrogen) atoms. The van der Waals surface area contributed by atoms with Crippen LogP contribution in [-0.2, 0) is 21.4 Å². The zero-order chi connectivity index (χ0) is 20.1. The number of aryl methyl sites for hydroxylation is 1. The average molecular weight is 416 g/mol. The maximum Gasteiger partial charge on any atom is 0.241 e. The third-order valence-corrected chi connectivity index (χ3v) is 6.57. The highest BCUT2D eigenvalue weighted by atomic mass is 32.2. The fourth-order valence-corrected chi connectivity index (χ4v) is 4.53. The van der Waals surface area contributed by atoms with Crippen molar-refractivity contribution in [1.82, 2.24) is 15.0 Å². The molecule has 6 nitrogen and oxygen atoms in total. The van der Waals surface area contributed by atoms with Gasteiger partial charge in [-0.25, -0.2) is 13.4 Å². The Balaban J connectivity index is 1.57. The second-order valence-electron chi connectivity index (χ2n) is 6.38. The van der Waals surface area contributed by atoms with Crippen LogP contribution in [-0.4, -0.2) is 25.4 Å². The summed E-state index contributed by atoms with van der Waals surface area (Å²) in [4.78, 5) is 16.9. The molecule has 1 aromatic heterocycles. The minimum atomic E-state index is -3.76. The van der Waals surface area contributed by atoms with Crippen molar-refractivity contribution in [3.05, 3.63) is 71.2 Å². The summed E-state index contributed by atoms with van der Waals surface area (Å²) in [6.45, 7) is 3.62. The van der Waals surface area contributed by atoms with Gasteiger partial charge in [-0.3, -0.25) is 4.79 Å². The van der Waals surface area contributed by atoms with Crippen molar-refractivity contribution in [3.8, 4) is 10.6 Å². The van der Waals surface area contributed by atoms with Crippen molar-refractivity contribution < 1.29 is 13.2 Å². The fraction of sp³-hybridized carbons (Fsp3) is 0.200. The number of aromatic nitrogens is 1. The van der Waals surface area contributed by atoms with Crippen LogP contribution < -0.4 is 10.0 Å². The van der Waals surface area contributed by atoms with E-state index in [1.807, 2.05) is 42.6 Å². The van der Waals surface area contributed by atoms with E-state index in [4.69, 9.17) is 0 Å². The lowest BCUT2D eigenvalue weighted by Gasteiger charge is -2.14. The summed E-state index contributed by atoms with van der Waals surface area (Å²) in [6.07, 6.45) is 0. The van der Waals surface area contributed by atoms with E-state index in [2.05, 4.69) is 15.0 Å². The van der Waals surface area contributed by atoms with Crippen molar-refractivity contribution in [3.63, 3.8) is 0 Å². The molecule has 1 heterocycles. The Hall–Kier alpha value is -2.55. The zero-order valence-electron chi connectivity index (χ0n) is 15.5. The molecule has 3 rings (SSSR count). The molecule has 0 aliphatic carbocycles. The maximum absolute atomic E-state index is 12.4. The van der Waals surface area contributed by atoms with Gasteiger partial charge in [0, 0.05) is 10.9 Å². The number of benzene rings is 2. The molecule has 0 spiro atoms. The Labute approximate surface area is 168 Å². The third kappa shape index (κ3) is 5.03. The molecule has 1 atom stereocenters. The third-order valence-electron chi connectivity index (χ3n) is 4.07. The van der Waals surface area contributed by atoms with Gasteiger partial charge in [-0.1, -0.05) is 48.0 Å². The van der Waals surface area contributed by atoms with Crippen LogP contribution in [0.2, 0.25) is 0 Å². The molecule has 0 aliphatic heterocycles. The summed E-state index contributed by atoms with van der Waals surface area (Å²) >= 11 is 1.50. The SMILES string of the molecule is Cc1ccc(S(=O)(=O)N[C@@H](C)C(=O)NCc2csc(-c3ccccc3)n2)cc1. The molecule has 1 amide bonds. The summed E-state index contributed by atoms with van der Waals surface area (Å²) < 4.78 is 27.2. The van der Waals surface area contributed by atoms with Crippen LogP contribution in [0.1, 0.15) is 18.2 Å². The van der Waals surface area contributed by atoms with E-state index in [0.717, 1.165) is 21.8 Å². The lowest BCUT2D eigenvalue weighted by molar-refractivity contribution is -0.122. The Kier molecular flexibility index (Phi) is 6.23. The molecule has 0 bridgehead atoms. The van der Waals surface area contributed by atoms with E-state index in [-0.39, 0.29) is 11.4 Å². The maximum atomic E-state index is 12.4. The molecule has 146 valence electrons. The number of nitrogens with one attached hydrogen (secondary N) is 2. The van der Waals surface area contributed by atoms with Crippen LogP contribution in [0.5, 0.6) is 0 Å². The lowest BCUT2D eigenvalue weighted by Crippen LogP contribution is -2.44. The monoisotopic (exact) mass is 415 g/mol. The molecule has 2 aromatic carbocycles. The van der Waals surface area contributed by atoms with Gasteiger partial charge in [0.05, 0.1) is 23.2 Å². The van der Waals surface area contributed by atoms with E-state index in [0.29, 0.717) is 0 Å². The number of nitrogens with zero attached hydrogens (tertiary/aromatic N) is 1. The number of sulfonamides is 1. The highest BCUT2D eigenvalue weighted by molar-refractivity contribution is 7.89. The number of carbonyl (C=O) groups is 1. The number of hydrogen-bond acceptors (Lipinski definition) is 5. The van der Waals surface area contributed by atoms with E-state index in [1.54, 1.807) is 12.1 Å². The Bertz CT molecular complexity index is 1050. The van der Waals surface area contributed by atoms with E-state index >= 15 is 0 Å². The van der Waals surface area contributed by atoms with Crippen molar-refractivity contribution >= 4 is 27.3 Å². The summed E-state index contributed by atoms with van der Waals surface area (Å²) in [5, 5.41) is 5.48. The van der Waals surface area contributed by atoms with Crippen LogP contribution in [0, 0.1) is 6.92 Å². The number of rotatable bonds is 7. The van der Waals surface area contributed by atoms with E-state index in [1.165, 1.54) is 30.4 Å². The topological polar surface area (TPSA) is 88.2 Å². The fourth-order valence-electron chi connectivity index (χ4n) is 2.50. The van der Waals surface area contributed by atoms with Crippen LogP contribution in [0.4, 0.5) is 0 Å². The Morgan fingerprint density at radius 1 is 1.11 bits per heavy atom. The van der Waals surface area contributed by atoms with E-state index in [9.17, 15) is 13.2 Å². The summed E-state index contributed by atoms with van der Waals surface area (Å²) in [7, 11) is -3.76. The highest BCUT2D eigenvalue weighted by Gasteiger charge is 2.22. The zero-order valence-corrected chi connectivity index (χ0v) is 17.2. The summed E-state index contributed by atoms with van der Waals surface area (Å²) in [5.41, 5.74) is 2.71. The predicted octanol–water partition coefficient (Wildman–Crippen LogP) is 3.10. The minimum Gasteiger partial charge on any atom is -0.349 e. The number of amides is 1. The van der Waals surface area contributed by atoms with Crippen LogP contribution in [0.25, 0.3) is 10.6 Å². The molecule has 8 heteroatoms. The molecule has 3 aromatic rings. The van der Waals surface area contributed by atoms with Gasteiger partial charge in [0.25, 0.3) is 0 Å². The van der Waals surface area contributed by atoms with Crippen molar-refractivity contribution in [2.24, 2.45) is 0 Å². The largest absolute Gasteiger partial charge is 0.349 e. The van der Waals surface area contributed by atoms with Crippen LogP contribution >= 0.6 is 11.3 Å². The quantitative estimate of drug-likeness (QED) is 0.621. The normalized spacial score (nSPS) is 12.5. The average Bonchev–Trinajstić information content (AvgIpc) is 3.16. The molecule has 0 unspecified atom stereocenters. The van der Waals surface area contributed by atoms with Gasteiger partial charge < -0.3 is 5.32 Å².